The predicted octanol–water partition coefficient (Wildman–Crippen LogP) is 8.73. The molecule has 0 aliphatic heterocycles. The standard InChI is InChI=1S/C37H27N5/c1-5-15-26(16-6-1)32-25-33(27-17-7-2-8-18-27)39-36(38-32)30-23-13-14-24-31(30)37-41-34(28-19-9-3-10-20-28)40-35(42-37)29-21-11-4-12-22-29/h1,3-7,9-25H,2,8H2. The zero-order chi connectivity index (χ0) is 28.1. The van der Waals surface area contributed by atoms with Crippen LogP contribution in [-0.2, 0) is 0 Å². The third-order valence-corrected chi connectivity index (χ3v) is 7.19. The number of hydrogen-bond acceptors (Lipinski definition) is 5. The van der Waals surface area contributed by atoms with Gasteiger partial charge in [-0.1, -0.05) is 133 Å². The fourth-order valence-corrected chi connectivity index (χ4v) is 5.08. The molecule has 0 radical (unpaired) electrons. The topological polar surface area (TPSA) is 64.5 Å². The largest absolute Gasteiger partial charge is 0.228 e. The van der Waals surface area contributed by atoms with E-state index in [1.807, 2.05) is 103 Å². The first-order valence-electron chi connectivity index (χ1n) is 14.1. The summed E-state index contributed by atoms with van der Waals surface area (Å²) in [6.45, 7) is 0. The summed E-state index contributed by atoms with van der Waals surface area (Å²) in [7, 11) is 0. The van der Waals surface area contributed by atoms with Crippen LogP contribution in [0.25, 0.3) is 62.4 Å². The Hall–Kier alpha value is -5.55. The van der Waals surface area contributed by atoms with Gasteiger partial charge in [0.15, 0.2) is 23.3 Å². The first-order chi connectivity index (χ1) is 20.8. The van der Waals surface area contributed by atoms with E-state index >= 15 is 0 Å². The summed E-state index contributed by atoms with van der Waals surface area (Å²) in [6, 6.07) is 40.4. The molecule has 1 aliphatic rings. The Kier molecular flexibility index (Phi) is 6.97. The highest BCUT2D eigenvalue weighted by Crippen LogP contribution is 2.33. The van der Waals surface area contributed by atoms with E-state index in [9.17, 15) is 0 Å². The van der Waals surface area contributed by atoms with E-state index in [4.69, 9.17) is 24.9 Å². The molecule has 0 atom stereocenters. The van der Waals surface area contributed by atoms with E-state index in [0.29, 0.717) is 23.3 Å². The van der Waals surface area contributed by atoms with Gasteiger partial charge >= 0.3 is 0 Å². The highest BCUT2D eigenvalue weighted by Gasteiger charge is 2.18. The van der Waals surface area contributed by atoms with Gasteiger partial charge in [0.25, 0.3) is 0 Å². The molecule has 0 saturated heterocycles. The Morgan fingerprint density at radius 1 is 0.405 bits per heavy atom. The summed E-state index contributed by atoms with van der Waals surface area (Å²) < 4.78 is 0. The van der Waals surface area contributed by atoms with Crippen molar-refractivity contribution in [3.05, 3.63) is 145 Å². The maximum absolute atomic E-state index is 5.10. The van der Waals surface area contributed by atoms with Crippen LogP contribution in [0.5, 0.6) is 0 Å². The monoisotopic (exact) mass is 541 g/mol. The number of allylic oxidation sites excluding steroid dienone is 4. The summed E-state index contributed by atoms with van der Waals surface area (Å²) in [4.78, 5) is 25.0. The van der Waals surface area contributed by atoms with E-state index in [2.05, 4.69) is 36.4 Å². The molecular weight excluding hydrogens is 514 g/mol. The summed E-state index contributed by atoms with van der Waals surface area (Å²) in [5.41, 5.74) is 7.48. The molecule has 1 aliphatic carbocycles. The van der Waals surface area contributed by atoms with Crippen molar-refractivity contribution in [1.82, 2.24) is 24.9 Å². The van der Waals surface area contributed by atoms with E-state index in [0.717, 1.165) is 57.6 Å². The Labute approximate surface area is 245 Å². The summed E-state index contributed by atoms with van der Waals surface area (Å²) in [6.07, 6.45) is 8.65. The van der Waals surface area contributed by atoms with Gasteiger partial charge in [0.05, 0.1) is 11.4 Å². The van der Waals surface area contributed by atoms with Gasteiger partial charge in [0.2, 0.25) is 0 Å². The van der Waals surface area contributed by atoms with Crippen molar-refractivity contribution in [2.75, 3.05) is 0 Å². The average molecular weight is 542 g/mol. The molecule has 0 fully saturated rings. The predicted molar refractivity (Wildman–Crippen MR) is 169 cm³/mol. The zero-order valence-electron chi connectivity index (χ0n) is 22.9. The second kappa shape index (κ2) is 11.5. The van der Waals surface area contributed by atoms with Gasteiger partial charge in [-0.25, -0.2) is 24.9 Å². The van der Waals surface area contributed by atoms with Crippen LogP contribution in [0.4, 0.5) is 0 Å². The summed E-state index contributed by atoms with van der Waals surface area (Å²) in [5, 5.41) is 0. The average Bonchev–Trinajstić information content (AvgIpc) is 3.09. The van der Waals surface area contributed by atoms with Crippen molar-refractivity contribution < 1.29 is 0 Å². The van der Waals surface area contributed by atoms with Crippen LogP contribution in [0.3, 0.4) is 0 Å². The van der Waals surface area contributed by atoms with E-state index in [1.165, 1.54) is 0 Å². The minimum Gasteiger partial charge on any atom is -0.228 e. The Morgan fingerprint density at radius 2 is 0.881 bits per heavy atom. The van der Waals surface area contributed by atoms with Gasteiger partial charge in [0, 0.05) is 27.8 Å². The Morgan fingerprint density at radius 3 is 1.43 bits per heavy atom. The number of rotatable bonds is 6. The third-order valence-electron chi connectivity index (χ3n) is 7.19. The molecular formula is C37H27N5. The molecule has 5 nitrogen and oxygen atoms in total. The van der Waals surface area contributed by atoms with Crippen molar-refractivity contribution in [2.24, 2.45) is 0 Å². The molecule has 0 N–H and O–H groups in total. The van der Waals surface area contributed by atoms with Gasteiger partial charge in [-0.2, -0.15) is 0 Å². The summed E-state index contributed by atoms with van der Waals surface area (Å²) in [5.74, 6) is 2.44. The molecule has 4 aromatic carbocycles. The maximum Gasteiger partial charge on any atom is 0.164 e. The highest BCUT2D eigenvalue weighted by atomic mass is 15.0. The molecule has 2 aromatic heterocycles. The molecule has 7 rings (SSSR count). The maximum atomic E-state index is 5.10. The van der Waals surface area contributed by atoms with Crippen LogP contribution in [0.2, 0.25) is 0 Å². The van der Waals surface area contributed by atoms with Crippen LogP contribution >= 0.6 is 0 Å². The van der Waals surface area contributed by atoms with Gasteiger partial charge in [-0.15, -0.1) is 0 Å². The van der Waals surface area contributed by atoms with E-state index in [1.54, 1.807) is 0 Å². The van der Waals surface area contributed by atoms with Crippen molar-refractivity contribution in [1.29, 1.82) is 0 Å². The molecule has 0 unspecified atom stereocenters. The smallest absolute Gasteiger partial charge is 0.164 e. The number of nitrogens with zero attached hydrogens (tertiary/aromatic N) is 5. The quantitative estimate of drug-likeness (QED) is 0.211. The second-order valence-corrected chi connectivity index (χ2v) is 10.1. The number of hydrogen-bond donors (Lipinski definition) is 0. The lowest BCUT2D eigenvalue weighted by Crippen LogP contribution is -2.03. The Balaban J connectivity index is 1.43. The van der Waals surface area contributed by atoms with Crippen LogP contribution in [-0.4, -0.2) is 24.9 Å². The SMILES string of the molecule is C1=CC(c2cc(-c3ccccc3)nc(-c3ccccc3-c3nc(-c4ccccc4)nc(-c4ccccc4)n3)n2)=CCC1. The fraction of sp³-hybridized carbons (Fsp3) is 0.0541. The molecule has 42 heavy (non-hydrogen) atoms. The van der Waals surface area contributed by atoms with Gasteiger partial charge in [-0.05, 0) is 24.5 Å². The lowest BCUT2D eigenvalue weighted by Gasteiger charge is -2.14. The van der Waals surface area contributed by atoms with Crippen LogP contribution < -0.4 is 0 Å². The number of aromatic nitrogens is 5. The fourth-order valence-electron chi connectivity index (χ4n) is 5.08. The first-order valence-corrected chi connectivity index (χ1v) is 14.1. The molecule has 5 heteroatoms. The lowest BCUT2D eigenvalue weighted by atomic mass is 10.0. The van der Waals surface area contributed by atoms with Crippen molar-refractivity contribution in [3.8, 4) is 56.8 Å². The van der Waals surface area contributed by atoms with Crippen molar-refractivity contribution >= 4 is 5.57 Å². The van der Waals surface area contributed by atoms with Gasteiger partial charge in [-0.3, -0.25) is 0 Å². The molecule has 6 aromatic rings. The molecule has 0 spiro atoms. The van der Waals surface area contributed by atoms with Crippen LogP contribution in [0.15, 0.2) is 140 Å². The normalized spacial score (nSPS) is 12.6. The molecule has 0 saturated carbocycles. The van der Waals surface area contributed by atoms with Crippen LogP contribution in [0, 0.1) is 0 Å². The van der Waals surface area contributed by atoms with Crippen molar-refractivity contribution in [2.45, 2.75) is 12.8 Å². The van der Waals surface area contributed by atoms with Gasteiger partial charge < -0.3 is 0 Å². The molecule has 0 amide bonds. The highest BCUT2D eigenvalue weighted by molar-refractivity contribution is 5.82. The Bertz CT molecular complexity index is 1860. The lowest BCUT2D eigenvalue weighted by molar-refractivity contribution is 1.03. The van der Waals surface area contributed by atoms with E-state index in [-0.39, 0.29) is 0 Å². The zero-order valence-corrected chi connectivity index (χ0v) is 22.9. The minimum atomic E-state index is 0.574. The molecule has 0 bridgehead atoms. The minimum absolute atomic E-state index is 0.574. The molecule has 2 heterocycles. The second-order valence-electron chi connectivity index (χ2n) is 10.1. The number of benzene rings is 4. The van der Waals surface area contributed by atoms with Crippen LogP contribution in [0.1, 0.15) is 18.5 Å². The van der Waals surface area contributed by atoms with Crippen molar-refractivity contribution in [3.63, 3.8) is 0 Å². The van der Waals surface area contributed by atoms with Gasteiger partial charge in [0.1, 0.15) is 0 Å². The van der Waals surface area contributed by atoms with E-state index < -0.39 is 0 Å². The third kappa shape index (κ3) is 5.28. The summed E-state index contributed by atoms with van der Waals surface area (Å²) >= 11 is 0. The molecule has 200 valence electrons. The first kappa shape index (κ1) is 25.4.